The van der Waals surface area contributed by atoms with E-state index in [9.17, 15) is 17.6 Å². The normalized spacial score (nSPS) is 11.2. The first-order valence-electron chi connectivity index (χ1n) is 6.06. The largest absolute Gasteiger partial charge is 0.480 e. The minimum atomic E-state index is -4.11. The monoisotopic (exact) mass is 387 g/mol. The molecule has 2 rings (SSSR count). The molecule has 0 atom stereocenters. The molecule has 0 fully saturated rings. The summed E-state index contributed by atoms with van der Waals surface area (Å²) in [7, 11) is -4.11. The molecule has 22 heavy (non-hydrogen) atoms. The molecule has 0 aliphatic rings. The molecule has 5 nitrogen and oxygen atoms in total. The molecule has 0 saturated heterocycles. The zero-order chi connectivity index (χ0) is 16.3. The Balaban J connectivity index is 2.50. The molecule has 0 aliphatic carbocycles. The van der Waals surface area contributed by atoms with Gasteiger partial charge in [0.1, 0.15) is 12.4 Å². The van der Waals surface area contributed by atoms with Crippen LogP contribution in [-0.4, -0.2) is 26.0 Å². The number of aliphatic carboxylic acids is 1. The first kappa shape index (κ1) is 16.4. The van der Waals surface area contributed by atoms with Gasteiger partial charge in [0.15, 0.2) is 0 Å². The Morgan fingerprint density at radius 1 is 1.09 bits per heavy atom. The van der Waals surface area contributed by atoms with E-state index >= 15 is 0 Å². The van der Waals surface area contributed by atoms with Crippen LogP contribution >= 0.6 is 15.9 Å². The Labute approximate surface area is 135 Å². The van der Waals surface area contributed by atoms with Gasteiger partial charge in [0.2, 0.25) is 0 Å². The molecule has 116 valence electrons. The van der Waals surface area contributed by atoms with Gasteiger partial charge in [0.05, 0.1) is 10.6 Å². The molecular weight excluding hydrogens is 377 g/mol. The van der Waals surface area contributed by atoms with E-state index in [1.165, 1.54) is 12.1 Å². The van der Waals surface area contributed by atoms with E-state index in [1.807, 2.05) is 0 Å². The number of halogens is 2. The second kappa shape index (κ2) is 6.45. The number of carbonyl (C=O) groups is 1. The van der Waals surface area contributed by atoms with E-state index in [4.69, 9.17) is 5.11 Å². The summed E-state index contributed by atoms with van der Waals surface area (Å²) in [5, 5.41) is 8.98. The summed E-state index contributed by atoms with van der Waals surface area (Å²) in [6, 6.07) is 10.4. The lowest BCUT2D eigenvalue weighted by Crippen LogP contribution is -2.35. The summed E-state index contributed by atoms with van der Waals surface area (Å²) in [6.45, 7) is -0.735. The quantitative estimate of drug-likeness (QED) is 0.855. The molecule has 0 amide bonds. The van der Waals surface area contributed by atoms with E-state index < -0.39 is 28.4 Å². The lowest BCUT2D eigenvalue weighted by molar-refractivity contribution is -0.135. The predicted molar refractivity (Wildman–Crippen MR) is 82.7 cm³/mol. The van der Waals surface area contributed by atoms with Crippen molar-refractivity contribution in [3.63, 3.8) is 0 Å². The highest BCUT2D eigenvalue weighted by atomic mass is 79.9. The summed E-state index contributed by atoms with van der Waals surface area (Å²) in [5.41, 5.74) is 0.204. The van der Waals surface area contributed by atoms with Gasteiger partial charge in [-0.2, -0.15) is 0 Å². The molecule has 0 spiro atoms. The minimum Gasteiger partial charge on any atom is -0.480 e. The van der Waals surface area contributed by atoms with Crippen LogP contribution in [0.3, 0.4) is 0 Å². The van der Waals surface area contributed by atoms with Crippen LogP contribution < -0.4 is 4.31 Å². The predicted octanol–water partition coefficient (Wildman–Crippen LogP) is 2.87. The van der Waals surface area contributed by atoms with E-state index in [1.54, 1.807) is 12.1 Å². The number of hydrogen-bond donors (Lipinski definition) is 1. The fraction of sp³-hybridized carbons (Fsp3) is 0.0714. The second-order valence-electron chi connectivity index (χ2n) is 4.34. The van der Waals surface area contributed by atoms with Crippen LogP contribution in [0.15, 0.2) is 57.9 Å². The zero-order valence-electron chi connectivity index (χ0n) is 11.1. The van der Waals surface area contributed by atoms with E-state index in [2.05, 4.69) is 15.9 Å². The fourth-order valence-electron chi connectivity index (χ4n) is 1.78. The molecule has 2 aromatic carbocycles. The maximum absolute atomic E-state index is 12.9. The Morgan fingerprint density at radius 3 is 2.14 bits per heavy atom. The van der Waals surface area contributed by atoms with E-state index in [0.29, 0.717) is 0 Å². The van der Waals surface area contributed by atoms with Gasteiger partial charge in [-0.25, -0.2) is 12.8 Å². The molecule has 8 heteroatoms. The molecule has 0 aromatic heterocycles. The number of anilines is 1. The van der Waals surface area contributed by atoms with Gasteiger partial charge in [0, 0.05) is 4.47 Å². The standard InChI is InChI=1S/C14H11BrFNO4S/c15-10-1-5-12(6-2-10)17(9-14(18)19)22(20,21)13-7-3-11(16)4-8-13/h1-8H,9H2,(H,18,19). The first-order chi connectivity index (χ1) is 10.3. The number of carboxylic acids is 1. The summed E-state index contributed by atoms with van der Waals surface area (Å²) in [4.78, 5) is 10.8. The molecule has 0 bridgehead atoms. The van der Waals surface area contributed by atoms with Crippen LogP contribution in [0.2, 0.25) is 0 Å². The number of carboxylic acid groups (broad SMARTS) is 1. The number of sulfonamides is 1. The van der Waals surface area contributed by atoms with Crippen LogP contribution in [0.25, 0.3) is 0 Å². The lowest BCUT2D eigenvalue weighted by Gasteiger charge is -2.22. The van der Waals surface area contributed by atoms with Crippen LogP contribution in [-0.2, 0) is 14.8 Å². The molecule has 0 heterocycles. The van der Waals surface area contributed by atoms with Gasteiger partial charge in [0.25, 0.3) is 10.0 Å². The number of nitrogens with zero attached hydrogens (tertiary/aromatic N) is 1. The van der Waals surface area contributed by atoms with E-state index in [0.717, 1.165) is 33.0 Å². The number of benzene rings is 2. The highest BCUT2D eigenvalue weighted by Gasteiger charge is 2.27. The molecule has 0 unspecified atom stereocenters. The van der Waals surface area contributed by atoms with Crippen LogP contribution in [0.4, 0.5) is 10.1 Å². The van der Waals surface area contributed by atoms with Crippen molar-refractivity contribution in [1.82, 2.24) is 0 Å². The maximum Gasteiger partial charge on any atom is 0.324 e. The van der Waals surface area contributed by atoms with Gasteiger partial charge in [-0.1, -0.05) is 15.9 Å². The third kappa shape index (κ3) is 3.63. The van der Waals surface area contributed by atoms with Crippen molar-refractivity contribution in [3.8, 4) is 0 Å². The maximum atomic E-state index is 12.9. The SMILES string of the molecule is O=C(O)CN(c1ccc(Br)cc1)S(=O)(=O)c1ccc(F)cc1. The van der Waals surface area contributed by atoms with Crippen molar-refractivity contribution in [2.24, 2.45) is 0 Å². The lowest BCUT2D eigenvalue weighted by atomic mass is 10.3. The molecule has 0 saturated carbocycles. The van der Waals surface area contributed by atoms with Crippen LogP contribution in [0, 0.1) is 5.82 Å². The van der Waals surface area contributed by atoms with E-state index in [-0.39, 0.29) is 10.6 Å². The number of rotatable bonds is 5. The van der Waals surface area contributed by atoms with Crippen molar-refractivity contribution in [3.05, 3.63) is 58.8 Å². The van der Waals surface area contributed by atoms with Crippen LogP contribution in [0.1, 0.15) is 0 Å². The second-order valence-corrected chi connectivity index (χ2v) is 7.11. The Bertz CT molecular complexity index is 775. The third-order valence-electron chi connectivity index (χ3n) is 2.80. The number of hydrogen-bond acceptors (Lipinski definition) is 3. The zero-order valence-corrected chi connectivity index (χ0v) is 13.5. The molecule has 1 N–H and O–H groups in total. The van der Waals surface area contributed by atoms with Crippen molar-refractivity contribution in [1.29, 1.82) is 0 Å². The van der Waals surface area contributed by atoms with Gasteiger partial charge < -0.3 is 5.11 Å². The van der Waals surface area contributed by atoms with Gasteiger partial charge in [-0.3, -0.25) is 9.10 Å². The fourth-order valence-corrected chi connectivity index (χ4v) is 3.46. The highest BCUT2D eigenvalue weighted by molar-refractivity contribution is 9.10. The first-order valence-corrected chi connectivity index (χ1v) is 8.29. The summed E-state index contributed by atoms with van der Waals surface area (Å²) >= 11 is 3.22. The van der Waals surface area contributed by atoms with Crippen molar-refractivity contribution < 1.29 is 22.7 Å². The summed E-state index contributed by atoms with van der Waals surface area (Å²) in [6.07, 6.45) is 0. The average molecular weight is 388 g/mol. The summed E-state index contributed by atoms with van der Waals surface area (Å²) < 4.78 is 39.6. The Morgan fingerprint density at radius 2 is 1.64 bits per heavy atom. The van der Waals surface area contributed by atoms with Gasteiger partial charge >= 0.3 is 5.97 Å². The Hall–Kier alpha value is -1.93. The Kier molecular flexibility index (Phi) is 4.82. The average Bonchev–Trinajstić information content (AvgIpc) is 2.46. The third-order valence-corrected chi connectivity index (χ3v) is 5.11. The minimum absolute atomic E-state index is 0.182. The topological polar surface area (TPSA) is 74.7 Å². The summed E-state index contributed by atoms with van der Waals surface area (Å²) in [5.74, 6) is -1.87. The van der Waals surface area contributed by atoms with Crippen molar-refractivity contribution in [2.75, 3.05) is 10.8 Å². The van der Waals surface area contributed by atoms with Crippen LogP contribution in [0.5, 0.6) is 0 Å². The van der Waals surface area contributed by atoms with Gasteiger partial charge in [-0.05, 0) is 48.5 Å². The van der Waals surface area contributed by atoms with Crippen molar-refractivity contribution >= 4 is 37.6 Å². The van der Waals surface area contributed by atoms with Gasteiger partial charge in [-0.15, -0.1) is 0 Å². The smallest absolute Gasteiger partial charge is 0.324 e. The molecule has 2 aromatic rings. The molecular formula is C14H11BrFNO4S. The molecule has 0 radical (unpaired) electrons. The van der Waals surface area contributed by atoms with Crippen molar-refractivity contribution in [2.45, 2.75) is 4.90 Å². The molecule has 0 aliphatic heterocycles. The highest BCUT2D eigenvalue weighted by Crippen LogP contribution is 2.25.